The minimum absolute atomic E-state index is 0.0902. The average Bonchev–Trinajstić information content (AvgIpc) is 2.89. The summed E-state index contributed by atoms with van der Waals surface area (Å²) in [6.07, 6.45) is 5.66. The molecule has 0 spiro atoms. The quantitative estimate of drug-likeness (QED) is 0.907. The first kappa shape index (κ1) is 15.6. The van der Waals surface area contributed by atoms with Crippen LogP contribution in [0.1, 0.15) is 31.2 Å². The second kappa shape index (κ2) is 6.33. The molecule has 1 unspecified atom stereocenters. The molecule has 1 aromatic carbocycles. The number of nitrogens with two attached hydrogens (primary N) is 1. The van der Waals surface area contributed by atoms with Crippen LogP contribution < -0.4 is 10.5 Å². The number of halogens is 1. The lowest BCUT2D eigenvalue weighted by molar-refractivity contribution is 0.122. The Morgan fingerprint density at radius 2 is 2.00 bits per heavy atom. The Kier molecular flexibility index (Phi) is 4.95. The first-order valence-corrected chi connectivity index (χ1v) is 7.63. The highest BCUT2D eigenvalue weighted by molar-refractivity contribution is 6.30. The summed E-state index contributed by atoms with van der Waals surface area (Å²) in [4.78, 5) is 2.31. The zero-order valence-electron chi connectivity index (χ0n) is 12.7. The van der Waals surface area contributed by atoms with Crippen LogP contribution in [0.15, 0.2) is 18.2 Å². The fraction of sp³-hybridized carbons (Fsp3) is 0.625. The van der Waals surface area contributed by atoms with E-state index in [1.165, 1.54) is 25.7 Å². The molecule has 1 aliphatic carbocycles. The molecule has 1 fully saturated rings. The van der Waals surface area contributed by atoms with Crippen molar-refractivity contribution >= 4 is 11.6 Å². The van der Waals surface area contributed by atoms with Crippen LogP contribution in [0, 0.1) is 0 Å². The van der Waals surface area contributed by atoms with Crippen molar-refractivity contribution in [3.05, 3.63) is 28.8 Å². The Bertz CT molecular complexity index is 456. The first-order valence-electron chi connectivity index (χ1n) is 7.25. The molecule has 1 aliphatic rings. The Hall–Kier alpha value is -0.770. The fourth-order valence-corrected chi connectivity index (χ4v) is 3.67. The van der Waals surface area contributed by atoms with E-state index in [2.05, 4.69) is 19.0 Å². The molecule has 1 aromatic rings. The largest absolute Gasteiger partial charge is 0.496 e. The standard InChI is InChI=1S/C16H25ClN2O/c1-19(2)16(8-4-5-9-16)15(18)11-12-10-13(17)6-7-14(12)20-3/h6-7,10,15H,4-5,8-9,11,18H2,1-3H3. The summed E-state index contributed by atoms with van der Waals surface area (Å²) in [7, 11) is 5.97. The van der Waals surface area contributed by atoms with E-state index in [9.17, 15) is 0 Å². The molecular weight excluding hydrogens is 272 g/mol. The minimum Gasteiger partial charge on any atom is -0.496 e. The molecule has 3 nitrogen and oxygen atoms in total. The fourth-order valence-electron chi connectivity index (χ4n) is 3.47. The van der Waals surface area contributed by atoms with Gasteiger partial charge in [0.25, 0.3) is 0 Å². The predicted octanol–water partition coefficient (Wildman–Crippen LogP) is 3.09. The van der Waals surface area contributed by atoms with Gasteiger partial charge in [-0.3, -0.25) is 0 Å². The molecule has 0 bridgehead atoms. The summed E-state index contributed by atoms with van der Waals surface area (Å²) in [5.74, 6) is 0.872. The van der Waals surface area contributed by atoms with Crippen molar-refractivity contribution in [2.24, 2.45) is 5.73 Å². The molecule has 0 aliphatic heterocycles. The molecule has 2 N–H and O–H groups in total. The van der Waals surface area contributed by atoms with Crippen LogP contribution in [0.5, 0.6) is 5.75 Å². The number of hydrogen-bond acceptors (Lipinski definition) is 3. The van der Waals surface area contributed by atoms with Gasteiger partial charge in [-0.05, 0) is 57.1 Å². The van der Waals surface area contributed by atoms with Gasteiger partial charge in [-0.1, -0.05) is 24.4 Å². The third kappa shape index (κ3) is 2.95. The normalized spacial score (nSPS) is 19.3. The molecule has 20 heavy (non-hydrogen) atoms. The van der Waals surface area contributed by atoms with Crippen molar-refractivity contribution in [1.29, 1.82) is 0 Å². The summed E-state index contributed by atoms with van der Waals surface area (Å²) in [6, 6.07) is 5.83. The van der Waals surface area contributed by atoms with Gasteiger partial charge in [0.1, 0.15) is 5.75 Å². The smallest absolute Gasteiger partial charge is 0.122 e. The summed E-state index contributed by atoms with van der Waals surface area (Å²) in [6.45, 7) is 0. The summed E-state index contributed by atoms with van der Waals surface area (Å²) in [5, 5.41) is 0.735. The summed E-state index contributed by atoms with van der Waals surface area (Å²) in [5.41, 5.74) is 7.78. The Morgan fingerprint density at radius 1 is 1.35 bits per heavy atom. The topological polar surface area (TPSA) is 38.5 Å². The van der Waals surface area contributed by atoms with Crippen LogP contribution in [-0.2, 0) is 6.42 Å². The van der Waals surface area contributed by atoms with Gasteiger partial charge in [-0.15, -0.1) is 0 Å². The molecule has 0 aromatic heterocycles. The van der Waals surface area contributed by atoms with E-state index >= 15 is 0 Å². The monoisotopic (exact) mass is 296 g/mol. The van der Waals surface area contributed by atoms with Gasteiger partial charge in [0.15, 0.2) is 0 Å². The number of nitrogens with zero attached hydrogens (tertiary/aromatic N) is 1. The van der Waals surface area contributed by atoms with Crippen LogP contribution >= 0.6 is 11.6 Å². The van der Waals surface area contributed by atoms with Gasteiger partial charge in [0.05, 0.1) is 7.11 Å². The lowest BCUT2D eigenvalue weighted by atomic mass is 9.83. The Balaban J connectivity index is 2.22. The van der Waals surface area contributed by atoms with E-state index in [1.54, 1.807) is 7.11 Å². The third-order valence-corrected chi connectivity index (χ3v) is 4.97. The molecule has 0 radical (unpaired) electrons. The highest BCUT2D eigenvalue weighted by atomic mass is 35.5. The van der Waals surface area contributed by atoms with Crippen LogP contribution in [0.25, 0.3) is 0 Å². The lowest BCUT2D eigenvalue weighted by Crippen LogP contribution is -2.56. The van der Waals surface area contributed by atoms with Gasteiger partial charge >= 0.3 is 0 Å². The molecule has 112 valence electrons. The Morgan fingerprint density at radius 3 is 2.55 bits per heavy atom. The number of likely N-dealkylation sites (N-methyl/N-ethyl adjacent to an activating group) is 1. The molecule has 2 rings (SSSR count). The summed E-state index contributed by atoms with van der Waals surface area (Å²) >= 11 is 6.11. The van der Waals surface area contributed by atoms with Crippen LogP contribution in [0.2, 0.25) is 5.02 Å². The van der Waals surface area contributed by atoms with Gasteiger partial charge in [-0.2, -0.15) is 0 Å². The van der Waals surface area contributed by atoms with Crippen LogP contribution in [0.4, 0.5) is 0 Å². The minimum atomic E-state index is 0.0902. The number of ether oxygens (including phenoxy) is 1. The van der Waals surface area contributed by atoms with Crippen LogP contribution in [-0.4, -0.2) is 37.7 Å². The van der Waals surface area contributed by atoms with E-state index in [-0.39, 0.29) is 11.6 Å². The van der Waals surface area contributed by atoms with E-state index in [0.717, 1.165) is 22.8 Å². The van der Waals surface area contributed by atoms with E-state index < -0.39 is 0 Å². The second-order valence-corrected chi connectivity index (χ2v) is 6.41. The maximum absolute atomic E-state index is 6.58. The number of benzene rings is 1. The third-order valence-electron chi connectivity index (χ3n) is 4.73. The maximum Gasteiger partial charge on any atom is 0.122 e. The first-order chi connectivity index (χ1) is 9.49. The average molecular weight is 297 g/mol. The SMILES string of the molecule is COc1ccc(Cl)cc1CC(N)C1(N(C)C)CCCC1. The highest BCUT2D eigenvalue weighted by Gasteiger charge is 2.41. The molecule has 4 heteroatoms. The second-order valence-electron chi connectivity index (χ2n) is 5.97. The lowest BCUT2D eigenvalue weighted by Gasteiger charge is -2.41. The van der Waals surface area contributed by atoms with Crippen molar-refractivity contribution in [2.75, 3.05) is 21.2 Å². The number of rotatable bonds is 5. The number of hydrogen-bond donors (Lipinski definition) is 1. The zero-order chi connectivity index (χ0) is 14.8. The predicted molar refractivity (Wildman–Crippen MR) is 84.6 cm³/mol. The van der Waals surface area contributed by atoms with Crippen molar-refractivity contribution < 1.29 is 4.74 Å². The van der Waals surface area contributed by atoms with Crippen molar-refractivity contribution in [2.45, 2.75) is 43.7 Å². The molecule has 1 atom stereocenters. The van der Waals surface area contributed by atoms with E-state index in [1.807, 2.05) is 18.2 Å². The molecule has 0 heterocycles. The van der Waals surface area contributed by atoms with Crippen LogP contribution in [0.3, 0.4) is 0 Å². The van der Waals surface area contributed by atoms with Gasteiger partial charge in [0.2, 0.25) is 0 Å². The molecule has 0 saturated heterocycles. The van der Waals surface area contributed by atoms with Crippen molar-refractivity contribution in [3.63, 3.8) is 0 Å². The molecule has 1 saturated carbocycles. The van der Waals surface area contributed by atoms with Gasteiger partial charge in [0, 0.05) is 16.6 Å². The molecule has 0 amide bonds. The van der Waals surface area contributed by atoms with E-state index in [0.29, 0.717) is 0 Å². The maximum atomic E-state index is 6.58. The Labute approximate surface area is 127 Å². The van der Waals surface area contributed by atoms with Crippen molar-refractivity contribution in [3.8, 4) is 5.75 Å². The van der Waals surface area contributed by atoms with E-state index in [4.69, 9.17) is 22.1 Å². The van der Waals surface area contributed by atoms with Gasteiger partial charge in [-0.25, -0.2) is 0 Å². The molecular formula is C16H25ClN2O. The highest BCUT2D eigenvalue weighted by Crippen LogP contribution is 2.38. The van der Waals surface area contributed by atoms with Gasteiger partial charge < -0.3 is 15.4 Å². The zero-order valence-corrected chi connectivity index (χ0v) is 13.4. The number of methoxy groups -OCH3 is 1. The van der Waals surface area contributed by atoms with Crippen molar-refractivity contribution in [1.82, 2.24) is 4.90 Å². The summed E-state index contributed by atoms with van der Waals surface area (Å²) < 4.78 is 5.43.